The Hall–Kier alpha value is 0.0200. The second kappa shape index (κ2) is 12.5. The van der Waals surface area contributed by atoms with Crippen LogP contribution < -0.4 is 5.32 Å². The summed E-state index contributed by atoms with van der Waals surface area (Å²) in [5, 5.41) is 13.6. The summed E-state index contributed by atoms with van der Waals surface area (Å²) in [7, 11) is -3.06. The normalized spacial score (nSPS) is 48.8. The number of nitrogens with one attached hydrogen (secondary N) is 1. The summed E-state index contributed by atoms with van der Waals surface area (Å²) in [6.45, 7) is 22.5. The summed E-state index contributed by atoms with van der Waals surface area (Å²) in [5.74, 6) is 3.00. The van der Waals surface area contributed by atoms with Crippen LogP contribution >= 0.6 is 45.2 Å². The molecule has 0 radical (unpaired) electrons. The number of aliphatic carboxylic acids is 1. The van der Waals surface area contributed by atoms with Crippen molar-refractivity contribution in [1.29, 1.82) is 0 Å². The lowest BCUT2D eigenvalue weighted by molar-refractivity contribution is -0.221. The number of fused-ring (bicyclic) bond motifs is 8. The fraction of sp³-hybridized carbons (Fsp3) is 0.837. The van der Waals surface area contributed by atoms with Crippen LogP contribution in [0.4, 0.5) is 0 Å². The maximum atomic E-state index is 12.5. The predicted molar refractivity (Wildman–Crippen MR) is 227 cm³/mol. The van der Waals surface area contributed by atoms with Gasteiger partial charge in [-0.25, -0.2) is 8.42 Å². The molecule has 1 saturated heterocycles. The van der Waals surface area contributed by atoms with Crippen molar-refractivity contribution in [3.63, 3.8) is 0 Å². The first-order chi connectivity index (χ1) is 24.1. The molecule has 4 unspecified atom stereocenters. The Labute approximate surface area is 341 Å². The minimum absolute atomic E-state index is 0.0969. The van der Waals surface area contributed by atoms with E-state index >= 15 is 0 Å². The molecule has 290 valence electrons. The number of sulfone groups is 1. The van der Waals surface area contributed by atoms with Crippen molar-refractivity contribution in [3.8, 4) is 0 Å². The van der Waals surface area contributed by atoms with Crippen LogP contribution in [0.5, 0.6) is 0 Å². The Balaban J connectivity index is 1.04. The lowest BCUT2D eigenvalue weighted by atomic mass is 9.33. The Bertz CT molecular complexity index is 1720. The molecular weight excluding hydrogens is 894 g/mol. The molecule has 7 aliphatic carbocycles. The van der Waals surface area contributed by atoms with Crippen LogP contribution in [0.15, 0.2) is 35.5 Å². The van der Waals surface area contributed by atoms with Crippen molar-refractivity contribution in [1.82, 2.24) is 10.2 Å². The highest BCUT2D eigenvalue weighted by Gasteiger charge is 2.71. The fourth-order valence-corrected chi connectivity index (χ4v) is 19.0. The number of carboxylic acid groups (broad SMARTS) is 1. The second-order valence-corrected chi connectivity index (χ2v) is 28.5. The highest BCUT2D eigenvalue weighted by atomic mass is 127. The number of alkyl halides is 2. The molecule has 52 heavy (non-hydrogen) atoms. The smallest absolute Gasteiger partial charge is 0.307 e. The van der Waals surface area contributed by atoms with E-state index in [1.54, 1.807) is 5.57 Å². The molecule has 8 aliphatic rings. The van der Waals surface area contributed by atoms with Gasteiger partial charge in [0.25, 0.3) is 0 Å². The van der Waals surface area contributed by atoms with Gasteiger partial charge in [-0.05, 0) is 191 Å². The van der Waals surface area contributed by atoms with Gasteiger partial charge in [-0.1, -0.05) is 58.9 Å². The third kappa shape index (κ3) is 5.56. The quantitative estimate of drug-likeness (QED) is 0.109. The maximum absolute atomic E-state index is 12.5. The summed E-state index contributed by atoms with van der Waals surface area (Å²) in [4.78, 5) is 14.1. The van der Waals surface area contributed by atoms with Gasteiger partial charge in [-0.3, -0.25) is 9.69 Å². The Kier molecular flexibility index (Phi) is 9.35. The summed E-state index contributed by atoms with van der Waals surface area (Å²) in [5.41, 5.74) is 5.45. The standard InChI is InChI=1S/C43H64I2N2O4S/c1-25(2)28-11-16-42(46-19-20-47-24-27(52(8,50)51)23-43(47,44)45)18-17-40(6)32(36(28)42)9-10-34-39(5)14-12-31(26-21-29-30(22-26)35(29)37(48)49)38(3,4)33(39)13-15-41(34,40)7/h12,21,27-30,32-36,46H,1,9-11,13-20,22-24H2,2-8H3,(H,48,49)/t27-,28+,29?,30?,32-,33+,34?,35?,36-,39+,40-,41-,42+/m1/s1. The molecule has 0 aromatic carbocycles. The highest BCUT2D eigenvalue weighted by Crippen LogP contribution is 2.77. The Morgan fingerprint density at radius 1 is 1.02 bits per heavy atom. The van der Waals surface area contributed by atoms with Gasteiger partial charge in [-0.15, -0.1) is 0 Å². The van der Waals surface area contributed by atoms with Crippen LogP contribution in [-0.4, -0.2) is 62.6 Å². The molecule has 5 saturated carbocycles. The number of likely N-dealkylation sites (tertiary alicyclic amines) is 1. The lowest BCUT2D eigenvalue weighted by Crippen LogP contribution is -2.68. The van der Waals surface area contributed by atoms with Crippen molar-refractivity contribution in [2.24, 2.45) is 69.0 Å². The first kappa shape index (κ1) is 38.9. The molecule has 0 bridgehead atoms. The van der Waals surface area contributed by atoms with Crippen molar-refractivity contribution in [3.05, 3.63) is 35.5 Å². The van der Waals surface area contributed by atoms with Crippen molar-refractivity contribution in [2.45, 2.75) is 125 Å². The van der Waals surface area contributed by atoms with Crippen molar-refractivity contribution in [2.75, 3.05) is 25.9 Å². The molecule has 9 heteroatoms. The van der Waals surface area contributed by atoms with Gasteiger partial charge in [0, 0.05) is 37.8 Å². The summed E-state index contributed by atoms with van der Waals surface area (Å²) in [6, 6.07) is 0. The Morgan fingerprint density at radius 2 is 1.75 bits per heavy atom. The van der Waals surface area contributed by atoms with E-state index in [2.05, 4.69) is 116 Å². The van der Waals surface area contributed by atoms with E-state index < -0.39 is 15.8 Å². The van der Waals surface area contributed by atoms with E-state index in [0.29, 0.717) is 48.5 Å². The zero-order valence-corrected chi connectivity index (χ0v) is 37.9. The number of hydrogen-bond donors (Lipinski definition) is 2. The lowest BCUT2D eigenvalue weighted by Gasteiger charge is -2.72. The van der Waals surface area contributed by atoms with Gasteiger partial charge in [-0.2, -0.15) is 0 Å². The summed E-state index contributed by atoms with van der Waals surface area (Å²) in [6.07, 6.45) is 19.4. The number of halogens is 2. The molecule has 1 aliphatic heterocycles. The van der Waals surface area contributed by atoms with E-state index in [0.717, 1.165) is 25.9 Å². The van der Waals surface area contributed by atoms with E-state index in [1.165, 1.54) is 68.8 Å². The third-order valence-corrected chi connectivity index (χ3v) is 22.0. The van der Waals surface area contributed by atoms with Crippen LogP contribution in [0, 0.1) is 69.0 Å². The molecule has 1 heterocycles. The monoisotopic (exact) mass is 958 g/mol. The summed E-state index contributed by atoms with van der Waals surface area (Å²) < 4.78 is 24.8. The van der Waals surface area contributed by atoms with Gasteiger partial charge >= 0.3 is 5.97 Å². The van der Waals surface area contributed by atoms with Crippen molar-refractivity contribution >= 4 is 61.0 Å². The molecule has 13 atom stereocenters. The first-order valence-corrected chi connectivity index (χ1v) is 24.6. The van der Waals surface area contributed by atoms with Crippen LogP contribution in [0.1, 0.15) is 112 Å². The molecule has 0 spiro atoms. The molecular formula is C43H64I2N2O4S. The number of carboxylic acids is 1. The topological polar surface area (TPSA) is 86.7 Å². The zero-order chi connectivity index (χ0) is 37.6. The molecule has 6 fully saturated rings. The van der Waals surface area contributed by atoms with Crippen LogP contribution in [0.25, 0.3) is 0 Å². The Morgan fingerprint density at radius 3 is 2.37 bits per heavy atom. The van der Waals surface area contributed by atoms with E-state index in [-0.39, 0.29) is 45.8 Å². The fourth-order valence-electron chi connectivity index (χ4n) is 15.4. The largest absolute Gasteiger partial charge is 0.481 e. The number of nitrogens with zero attached hydrogens (tertiary/aromatic N) is 1. The van der Waals surface area contributed by atoms with Gasteiger partial charge in [0.2, 0.25) is 0 Å². The van der Waals surface area contributed by atoms with E-state index in [4.69, 9.17) is 0 Å². The minimum atomic E-state index is -3.06. The van der Waals surface area contributed by atoms with Gasteiger partial charge in [0.15, 0.2) is 9.84 Å². The van der Waals surface area contributed by atoms with E-state index in [1.807, 2.05) is 0 Å². The van der Waals surface area contributed by atoms with Crippen LogP contribution in [-0.2, 0) is 14.6 Å². The van der Waals surface area contributed by atoms with Crippen LogP contribution in [0.3, 0.4) is 0 Å². The predicted octanol–water partition coefficient (Wildman–Crippen LogP) is 9.44. The number of carbonyl (C=O) groups is 1. The van der Waals surface area contributed by atoms with E-state index in [9.17, 15) is 18.3 Å². The number of allylic oxidation sites excluding steroid dienone is 5. The highest BCUT2D eigenvalue weighted by molar-refractivity contribution is 14.2. The summed E-state index contributed by atoms with van der Waals surface area (Å²) >= 11 is 4.96. The molecule has 2 N–H and O–H groups in total. The first-order valence-electron chi connectivity index (χ1n) is 20.5. The molecule has 8 rings (SSSR count). The average molecular weight is 959 g/mol. The molecule has 0 aromatic heterocycles. The third-order valence-electron chi connectivity index (χ3n) is 18.2. The van der Waals surface area contributed by atoms with Crippen molar-refractivity contribution < 1.29 is 18.3 Å². The SMILES string of the molecule is C=C(C)[C@@H]1CC[C@]2(NCCN3C[C@H](S(C)(=O)=O)CC3(I)I)CC[C@]3(C)[C@H](CCC4[C@@]5(C)CC=C(C6=CC7C(C6)C7C(=O)O)C(C)(C)[C@@H]5CC[C@]43C)[C@@H]12. The van der Waals surface area contributed by atoms with Gasteiger partial charge in [0.05, 0.1) is 11.2 Å². The maximum Gasteiger partial charge on any atom is 0.307 e. The number of hydrogen-bond acceptors (Lipinski definition) is 5. The van der Waals surface area contributed by atoms with Gasteiger partial charge < -0.3 is 10.4 Å². The number of rotatable bonds is 8. The van der Waals surface area contributed by atoms with Crippen LogP contribution in [0.2, 0.25) is 0 Å². The average Bonchev–Trinajstić information content (AvgIpc) is 3.29. The molecule has 6 nitrogen and oxygen atoms in total. The molecule has 0 amide bonds. The second-order valence-electron chi connectivity index (χ2n) is 20.6. The minimum Gasteiger partial charge on any atom is -0.481 e. The zero-order valence-electron chi connectivity index (χ0n) is 32.7. The van der Waals surface area contributed by atoms with Gasteiger partial charge in [0.1, 0.15) is 1.55 Å². The molecule has 0 aromatic rings.